The van der Waals surface area contributed by atoms with Crippen LogP contribution in [0.5, 0.6) is 0 Å². The molecule has 0 amide bonds. The van der Waals surface area contributed by atoms with Gasteiger partial charge in [-0.05, 0) is 44.9 Å². The van der Waals surface area contributed by atoms with Gasteiger partial charge in [0.1, 0.15) is 0 Å². The molecule has 23 heavy (non-hydrogen) atoms. The van der Waals surface area contributed by atoms with Crippen molar-refractivity contribution >= 4 is 0 Å². The van der Waals surface area contributed by atoms with Gasteiger partial charge in [-0.25, -0.2) is 0 Å². The first kappa shape index (κ1) is 19.1. The highest BCUT2D eigenvalue weighted by atomic mass is 16.7. The van der Waals surface area contributed by atoms with Crippen molar-refractivity contribution in [3.63, 3.8) is 0 Å². The minimum Gasteiger partial charge on any atom is -0.379 e. The molecule has 0 spiro atoms. The summed E-state index contributed by atoms with van der Waals surface area (Å²) in [4.78, 5) is 0. The van der Waals surface area contributed by atoms with Crippen LogP contribution in [0.3, 0.4) is 0 Å². The normalized spacial score (nSPS) is 25.6. The van der Waals surface area contributed by atoms with Crippen LogP contribution in [-0.4, -0.2) is 65.4 Å². The molecule has 2 unspecified atom stereocenters. The van der Waals surface area contributed by atoms with Crippen molar-refractivity contribution in [2.45, 2.75) is 57.5 Å². The van der Waals surface area contributed by atoms with Gasteiger partial charge in [0, 0.05) is 26.4 Å². The molecule has 2 aliphatic rings. The van der Waals surface area contributed by atoms with E-state index in [9.17, 15) is 0 Å². The highest BCUT2D eigenvalue weighted by molar-refractivity contribution is 4.54. The summed E-state index contributed by atoms with van der Waals surface area (Å²) in [5, 5.41) is 0. The van der Waals surface area contributed by atoms with E-state index in [1.54, 1.807) is 0 Å². The summed E-state index contributed by atoms with van der Waals surface area (Å²) in [5.41, 5.74) is 0. The summed E-state index contributed by atoms with van der Waals surface area (Å²) in [6.45, 7) is 5.45. The van der Waals surface area contributed by atoms with Crippen LogP contribution in [0.15, 0.2) is 0 Å². The molecule has 2 rings (SSSR count). The Kier molecular flexibility index (Phi) is 10.9. The van der Waals surface area contributed by atoms with Gasteiger partial charge in [0.15, 0.2) is 12.6 Å². The summed E-state index contributed by atoms with van der Waals surface area (Å²) in [6, 6.07) is 0. The van der Waals surface area contributed by atoms with Crippen LogP contribution in [-0.2, 0) is 28.4 Å². The largest absolute Gasteiger partial charge is 0.379 e. The average Bonchev–Trinajstić information content (AvgIpc) is 2.61. The molecule has 0 aromatic carbocycles. The standard InChI is InChI=1S/C17H32O6/c1-3-10-20-16(6-1)22-14-12-18-8-5-9-19-13-15-23-17-7-2-4-11-21-17/h16-17H,1-15H2. The maximum atomic E-state index is 5.59. The van der Waals surface area contributed by atoms with E-state index in [0.29, 0.717) is 39.6 Å². The van der Waals surface area contributed by atoms with Crippen molar-refractivity contribution in [1.29, 1.82) is 0 Å². The van der Waals surface area contributed by atoms with E-state index in [1.165, 1.54) is 12.8 Å². The monoisotopic (exact) mass is 332 g/mol. The van der Waals surface area contributed by atoms with Crippen molar-refractivity contribution in [3.05, 3.63) is 0 Å². The maximum absolute atomic E-state index is 5.59. The SMILES string of the molecule is C(COCCOC1CCCCO1)COCCOC1CCCCO1. The van der Waals surface area contributed by atoms with Gasteiger partial charge in [0.25, 0.3) is 0 Å². The highest BCUT2D eigenvalue weighted by Crippen LogP contribution is 2.14. The fourth-order valence-corrected chi connectivity index (χ4v) is 2.63. The van der Waals surface area contributed by atoms with Crippen molar-refractivity contribution in [3.8, 4) is 0 Å². The summed E-state index contributed by atoms with van der Waals surface area (Å²) in [5.74, 6) is 0. The van der Waals surface area contributed by atoms with Crippen LogP contribution in [0.1, 0.15) is 44.9 Å². The maximum Gasteiger partial charge on any atom is 0.157 e. The van der Waals surface area contributed by atoms with Crippen molar-refractivity contribution in [1.82, 2.24) is 0 Å². The van der Waals surface area contributed by atoms with Gasteiger partial charge in [0.05, 0.1) is 26.4 Å². The molecule has 0 N–H and O–H groups in total. The van der Waals surface area contributed by atoms with Gasteiger partial charge in [-0.1, -0.05) is 0 Å². The molecule has 136 valence electrons. The molecule has 2 heterocycles. The molecule has 2 fully saturated rings. The molecule has 2 aliphatic heterocycles. The van der Waals surface area contributed by atoms with Crippen LogP contribution in [0, 0.1) is 0 Å². The molecule has 6 heteroatoms. The minimum absolute atomic E-state index is 0.0242. The smallest absolute Gasteiger partial charge is 0.157 e. The number of hydrogen-bond acceptors (Lipinski definition) is 6. The zero-order chi connectivity index (χ0) is 16.0. The first-order chi connectivity index (χ1) is 11.4. The molecule has 2 atom stereocenters. The molecule has 0 radical (unpaired) electrons. The third kappa shape index (κ3) is 9.59. The van der Waals surface area contributed by atoms with Crippen LogP contribution in [0.4, 0.5) is 0 Å². The Hall–Kier alpha value is -0.240. The van der Waals surface area contributed by atoms with E-state index in [1.807, 2.05) is 0 Å². The van der Waals surface area contributed by atoms with E-state index in [2.05, 4.69) is 0 Å². The van der Waals surface area contributed by atoms with Gasteiger partial charge in [-0.15, -0.1) is 0 Å². The summed E-state index contributed by atoms with van der Waals surface area (Å²) < 4.78 is 33.2. The molecule has 0 aromatic rings. The average molecular weight is 332 g/mol. The third-order valence-electron chi connectivity index (χ3n) is 3.92. The molecular formula is C17H32O6. The van der Waals surface area contributed by atoms with E-state index in [4.69, 9.17) is 28.4 Å². The molecule has 2 saturated heterocycles. The molecule has 0 aromatic heterocycles. The van der Waals surface area contributed by atoms with E-state index >= 15 is 0 Å². The lowest BCUT2D eigenvalue weighted by Gasteiger charge is -2.22. The Morgan fingerprint density at radius 2 is 1.13 bits per heavy atom. The van der Waals surface area contributed by atoms with Gasteiger partial charge in [0.2, 0.25) is 0 Å². The lowest BCUT2D eigenvalue weighted by molar-refractivity contribution is -0.170. The first-order valence-corrected chi connectivity index (χ1v) is 9.07. The first-order valence-electron chi connectivity index (χ1n) is 9.07. The second-order valence-electron chi connectivity index (χ2n) is 5.91. The van der Waals surface area contributed by atoms with Gasteiger partial charge in [-0.3, -0.25) is 0 Å². The fourth-order valence-electron chi connectivity index (χ4n) is 2.63. The van der Waals surface area contributed by atoms with Crippen LogP contribution in [0.25, 0.3) is 0 Å². The zero-order valence-corrected chi connectivity index (χ0v) is 14.2. The van der Waals surface area contributed by atoms with Crippen LogP contribution >= 0.6 is 0 Å². The Bertz CT molecular complexity index is 238. The summed E-state index contributed by atoms with van der Waals surface area (Å²) in [6.07, 6.45) is 7.53. The number of rotatable bonds is 12. The Morgan fingerprint density at radius 1 is 0.609 bits per heavy atom. The zero-order valence-electron chi connectivity index (χ0n) is 14.2. The Labute approximate surface area is 139 Å². The van der Waals surface area contributed by atoms with Gasteiger partial charge < -0.3 is 28.4 Å². The lowest BCUT2D eigenvalue weighted by atomic mass is 10.2. The van der Waals surface area contributed by atoms with E-state index in [-0.39, 0.29) is 12.6 Å². The van der Waals surface area contributed by atoms with Crippen LogP contribution < -0.4 is 0 Å². The second-order valence-corrected chi connectivity index (χ2v) is 5.91. The Balaban J connectivity index is 1.26. The Morgan fingerprint density at radius 3 is 1.57 bits per heavy atom. The van der Waals surface area contributed by atoms with Crippen molar-refractivity contribution < 1.29 is 28.4 Å². The summed E-state index contributed by atoms with van der Waals surface area (Å²) >= 11 is 0. The van der Waals surface area contributed by atoms with E-state index < -0.39 is 0 Å². The molecular weight excluding hydrogens is 300 g/mol. The predicted octanol–water partition coefficient (Wildman–Crippen LogP) is 2.50. The lowest BCUT2D eigenvalue weighted by Crippen LogP contribution is -2.24. The molecule has 0 bridgehead atoms. The quantitative estimate of drug-likeness (QED) is 0.512. The number of hydrogen-bond donors (Lipinski definition) is 0. The minimum atomic E-state index is -0.0242. The fraction of sp³-hybridized carbons (Fsp3) is 1.00. The topological polar surface area (TPSA) is 55.4 Å². The van der Waals surface area contributed by atoms with Crippen molar-refractivity contribution in [2.24, 2.45) is 0 Å². The molecule has 0 saturated carbocycles. The summed E-state index contributed by atoms with van der Waals surface area (Å²) in [7, 11) is 0. The second kappa shape index (κ2) is 13.1. The highest BCUT2D eigenvalue weighted by Gasteiger charge is 2.14. The van der Waals surface area contributed by atoms with Crippen molar-refractivity contribution in [2.75, 3.05) is 52.9 Å². The van der Waals surface area contributed by atoms with Gasteiger partial charge >= 0.3 is 0 Å². The molecule has 0 aliphatic carbocycles. The third-order valence-corrected chi connectivity index (χ3v) is 3.92. The molecule has 6 nitrogen and oxygen atoms in total. The van der Waals surface area contributed by atoms with Gasteiger partial charge in [-0.2, -0.15) is 0 Å². The predicted molar refractivity (Wildman–Crippen MR) is 85.3 cm³/mol. The number of ether oxygens (including phenoxy) is 6. The van der Waals surface area contributed by atoms with Crippen LogP contribution in [0.2, 0.25) is 0 Å². The van der Waals surface area contributed by atoms with E-state index in [0.717, 1.165) is 45.3 Å².